The van der Waals surface area contributed by atoms with E-state index in [2.05, 4.69) is 24.0 Å². The average Bonchev–Trinajstić information content (AvgIpc) is 3.05. The van der Waals surface area contributed by atoms with E-state index < -0.39 is 0 Å². The van der Waals surface area contributed by atoms with Crippen LogP contribution in [0.4, 0.5) is 0 Å². The molecule has 2 aromatic rings. The number of ether oxygens (including phenoxy) is 1. The van der Waals surface area contributed by atoms with Crippen LogP contribution >= 0.6 is 0 Å². The lowest BCUT2D eigenvalue weighted by Crippen LogP contribution is -2.43. The van der Waals surface area contributed by atoms with E-state index in [4.69, 9.17) is 4.74 Å². The smallest absolute Gasteiger partial charge is 0.272 e. The molecule has 6 nitrogen and oxygen atoms in total. The summed E-state index contributed by atoms with van der Waals surface area (Å²) in [7, 11) is 2.10. The monoisotopic (exact) mass is 342 g/mol. The van der Waals surface area contributed by atoms with Gasteiger partial charge >= 0.3 is 0 Å². The Hall–Kier alpha value is -2.34. The molecule has 0 radical (unpaired) electrons. The largest absolute Gasteiger partial charge is 0.487 e. The summed E-state index contributed by atoms with van der Waals surface area (Å²) >= 11 is 0. The molecule has 0 N–H and O–H groups in total. The molecule has 1 aliphatic rings. The van der Waals surface area contributed by atoms with Gasteiger partial charge in [-0.25, -0.2) is 0 Å². The molecule has 1 aromatic carbocycles. The molecule has 1 amide bonds. The number of amides is 1. The topological polar surface area (TPSA) is 50.6 Å². The van der Waals surface area contributed by atoms with Gasteiger partial charge in [0.15, 0.2) is 0 Å². The van der Waals surface area contributed by atoms with Gasteiger partial charge in [0, 0.05) is 19.6 Å². The number of likely N-dealkylation sites (N-methyl/N-ethyl adjacent to an activating group) is 1. The first kappa shape index (κ1) is 17.5. The van der Waals surface area contributed by atoms with Crippen molar-refractivity contribution < 1.29 is 9.53 Å². The molecule has 0 saturated carbocycles. The summed E-state index contributed by atoms with van der Waals surface area (Å²) in [6.45, 7) is 6.71. The second kappa shape index (κ2) is 8.16. The van der Waals surface area contributed by atoms with Gasteiger partial charge in [0.05, 0.1) is 6.54 Å². The van der Waals surface area contributed by atoms with Crippen molar-refractivity contribution in [3.05, 3.63) is 47.8 Å². The number of aromatic nitrogens is 2. The summed E-state index contributed by atoms with van der Waals surface area (Å²) in [5, 5.41) is 4.51. The third-order valence-electron chi connectivity index (χ3n) is 4.41. The number of carbonyl (C=O) groups is 1. The highest BCUT2D eigenvalue weighted by Crippen LogP contribution is 2.16. The standard InChI is InChI=1S/C19H26N4O2/c1-3-9-21(2)10-11-22-12-13-23-18(19(22)24)14-16(20-23)15-25-17-7-5-4-6-8-17/h4-8,14H,3,9-13,15H2,1-2H3. The van der Waals surface area contributed by atoms with Crippen molar-refractivity contribution >= 4 is 5.91 Å². The number of para-hydroxylation sites is 1. The molecule has 0 aliphatic carbocycles. The highest BCUT2D eigenvalue weighted by Gasteiger charge is 2.26. The van der Waals surface area contributed by atoms with E-state index in [-0.39, 0.29) is 5.91 Å². The molecule has 0 saturated heterocycles. The van der Waals surface area contributed by atoms with Crippen molar-refractivity contribution in [3.63, 3.8) is 0 Å². The summed E-state index contributed by atoms with van der Waals surface area (Å²) in [5.74, 6) is 0.870. The predicted octanol–water partition coefficient (Wildman–Crippen LogP) is 2.26. The highest BCUT2D eigenvalue weighted by atomic mass is 16.5. The third kappa shape index (κ3) is 4.39. The molecule has 1 aliphatic heterocycles. The molecular formula is C19H26N4O2. The van der Waals surface area contributed by atoms with E-state index in [1.807, 2.05) is 41.3 Å². The van der Waals surface area contributed by atoms with Crippen LogP contribution in [0.25, 0.3) is 0 Å². The molecule has 0 bridgehead atoms. The van der Waals surface area contributed by atoms with Crippen LogP contribution in [0, 0.1) is 0 Å². The van der Waals surface area contributed by atoms with Crippen LogP contribution in [0.2, 0.25) is 0 Å². The lowest BCUT2D eigenvalue weighted by Gasteiger charge is -2.29. The molecule has 0 unspecified atom stereocenters. The van der Waals surface area contributed by atoms with E-state index in [0.29, 0.717) is 18.8 Å². The Morgan fingerprint density at radius 1 is 1.20 bits per heavy atom. The summed E-state index contributed by atoms with van der Waals surface area (Å²) in [6.07, 6.45) is 1.13. The van der Waals surface area contributed by atoms with Crippen molar-refractivity contribution in [2.24, 2.45) is 0 Å². The van der Waals surface area contributed by atoms with Crippen molar-refractivity contribution in [1.29, 1.82) is 0 Å². The normalized spacial score (nSPS) is 14.0. The van der Waals surface area contributed by atoms with Crippen molar-refractivity contribution in [2.45, 2.75) is 26.5 Å². The van der Waals surface area contributed by atoms with E-state index in [1.165, 1.54) is 0 Å². The third-order valence-corrected chi connectivity index (χ3v) is 4.41. The number of hydrogen-bond donors (Lipinski definition) is 0. The molecule has 25 heavy (non-hydrogen) atoms. The van der Waals surface area contributed by atoms with Crippen LogP contribution in [0.1, 0.15) is 29.5 Å². The SMILES string of the molecule is CCCN(C)CCN1CCn2nc(COc3ccccc3)cc2C1=O. The molecule has 134 valence electrons. The fraction of sp³-hybridized carbons (Fsp3) is 0.474. The maximum absolute atomic E-state index is 12.7. The van der Waals surface area contributed by atoms with E-state index in [1.54, 1.807) is 4.68 Å². The van der Waals surface area contributed by atoms with Crippen LogP contribution in [0.3, 0.4) is 0 Å². The highest BCUT2D eigenvalue weighted by molar-refractivity contribution is 5.93. The molecule has 0 spiro atoms. The maximum atomic E-state index is 12.7. The molecule has 0 atom stereocenters. The van der Waals surface area contributed by atoms with E-state index in [9.17, 15) is 4.79 Å². The minimum atomic E-state index is 0.0645. The number of rotatable bonds is 8. The van der Waals surface area contributed by atoms with Crippen molar-refractivity contribution in [2.75, 3.05) is 33.2 Å². The first-order valence-electron chi connectivity index (χ1n) is 8.89. The summed E-state index contributed by atoms with van der Waals surface area (Å²) < 4.78 is 7.53. The molecule has 1 aromatic heterocycles. The Morgan fingerprint density at radius 3 is 2.76 bits per heavy atom. The van der Waals surface area contributed by atoms with E-state index >= 15 is 0 Å². The Bertz CT molecular complexity index is 699. The first-order valence-corrected chi connectivity index (χ1v) is 8.89. The van der Waals surface area contributed by atoms with Crippen LogP contribution in [-0.4, -0.2) is 58.7 Å². The number of hydrogen-bond acceptors (Lipinski definition) is 4. The lowest BCUT2D eigenvalue weighted by atomic mass is 10.2. The van der Waals surface area contributed by atoms with Crippen LogP contribution in [0.15, 0.2) is 36.4 Å². The Labute approximate surface area is 149 Å². The predicted molar refractivity (Wildman–Crippen MR) is 96.7 cm³/mol. The zero-order chi connectivity index (χ0) is 17.6. The van der Waals surface area contributed by atoms with Gasteiger partial charge in [-0.05, 0) is 38.2 Å². The molecular weight excluding hydrogens is 316 g/mol. The fourth-order valence-electron chi connectivity index (χ4n) is 3.03. The Balaban J connectivity index is 1.59. The quantitative estimate of drug-likeness (QED) is 0.738. The number of carbonyl (C=O) groups excluding carboxylic acids is 1. The van der Waals surface area contributed by atoms with Crippen LogP contribution in [-0.2, 0) is 13.2 Å². The van der Waals surface area contributed by atoms with Crippen molar-refractivity contribution in [3.8, 4) is 5.75 Å². The van der Waals surface area contributed by atoms with E-state index in [0.717, 1.165) is 44.0 Å². The minimum absolute atomic E-state index is 0.0645. The first-order chi connectivity index (χ1) is 12.2. The van der Waals surface area contributed by atoms with Gasteiger partial charge in [-0.1, -0.05) is 25.1 Å². The maximum Gasteiger partial charge on any atom is 0.272 e. The number of fused-ring (bicyclic) bond motifs is 1. The zero-order valence-corrected chi connectivity index (χ0v) is 15.0. The second-order valence-electron chi connectivity index (χ2n) is 6.44. The van der Waals surface area contributed by atoms with Gasteiger partial charge in [0.2, 0.25) is 0 Å². The molecule has 0 fully saturated rings. The van der Waals surface area contributed by atoms with Gasteiger partial charge in [0.25, 0.3) is 5.91 Å². The van der Waals surface area contributed by atoms with Gasteiger partial charge < -0.3 is 14.5 Å². The fourth-order valence-corrected chi connectivity index (χ4v) is 3.03. The Morgan fingerprint density at radius 2 is 2.00 bits per heavy atom. The van der Waals surface area contributed by atoms with Crippen LogP contribution < -0.4 is 4.74 Å². The second-order valence-corrected chi connectivity index (χ2v) is 6.44. The van der Waals surface area contributed by atoms with Gasteiger partial charge in [-0.2, -0.15) is 5.10 Å². The average molecular weight is 342 g/mol. The summed E-state index contributed by atoms with van der Waals surface area (Å²) in [4.78, 5) is 16.9. The summed E-state index contributed by atoms with van der Waals surface area (Å²) in [6, 6.07) is 11.5. The Kier molecular flexibility index (Phi) is 5.71. The van der Waals surface area contributed by atoms with Gasteiger partial charge in [-0.15, -0.1) is 0 Å². The minimum Gasteiger partial charge on any atom is -0.487 e. The lowest BCUT2D eigenvalue weighted by molar-refractivity contribution is 0.0681. The summed E-state index contributed by atoms with van der Waals surface area (Å²) in [5.41, 5.74) is 1.45. The molecule has 6 heteroatoms. The number of nitrogens with zero attached hydrogens (tertiary/aromatic N) is 4. The number of benzene rings is 1. The molecule has 3 rings (SSSR count). The van der Waals surface area contributed by atoms with Gasteiger partial charge in [-0.3, -0.25) is 9.48 Å². The van der Waals surface area contributed by atoms with Gasteiger partial charge in [0.1, 0.15) is 23.7 Å². The molecule has 2 heterocycles. The van der Waals surface area contributed by atoms with Crippen molar-refractivity contribution in [1.82, 2.24) is 19.6 Å². The zero-order valence-electron chi connectivity index (χ0n) is 15.0. The van der Waals surface area contributed by atoms with Crippen LogP contribution in [0.5, 0.6) is 5.75 Å².